The Kier molecular flexibility index (Phi) is 7.17. The molecule has 14 heavy (non-hydrogen) atoms. The molecule has 0 aromatic carbocycles. The molecule has 0 amide bonds. The molecular weight excluding hydrogens is 240 g/mol. The molecule has 0 aliphatic rings. The van der Waals surface area contributed by atoms with Crippen molar-refractivity contribution < 1.29 is 34.8 Å². The zero-order valence-corrected chi connectivity index (χ0v) is 8.58. The molecule has 1 atom stereocenters. The topological polar surface area (TPSA) is 122 Å². The molecule has 0 saturated heterocycles. The highest BCUT2D eigenvalue weighted by molar-refractivity contribution is 7.80. The highest BCUT2D eigenvalue weighted by Gasteiger charge is 2.02. The van der Waals surface area contributed by atoms with E-state index in [1.165, 1.54) is 0 Å². The minimum absolute atomic E-state index is 0.0250. The Morgan fingerprint density at radius 3 is 2.29 bits per heavy atom. The molecule has 0 fully saturated rings. The molecule has 0 heterocycles. The van der Waals surface area contributed by atoms with Crippen molar-refractivity contribution in [3.63, 3.8) is 0 Å². The van der Waals surface area contributed by atoms with Crippen LogP contribution in [-0.2, 0) is 34.9 Å². The Labute approximate surface area is 83.6 Å². The van der Waals surface area contributed by atoms with Crippen LogP contribution in [0.5, 0.6) is 0 Å². The summed E-state index contributed by atoms with van der Waals surface area (Å²) in [4.78, 5) is 0. The van der Waals surface area contributed by atoms with Crippen molar-refractivity contribution in [2.75, 3.05) is 26.4 Å². The van der Waals surface area contributed by atoms with Gasteiger partial charge in [0.25, 0.3) is 0 Å². The molecule has 0 aromatic heterocycles. The molecule has 0 spiro atoms. The molecule has 86 valence electrons. The van der Waals surface area contributed by atoms with Gasteiger partial charge in [-0.3, -0.25) is 8.74 Å². The molecular formula is C4H9O8S2-. The van der Waals surface area contributed by atoms with Gasteiger partial charge in [-0.15, -0.1) is 0 Å². The van der Waals surface area contributed by atoms with E-state index in [4.69, 9.17) is 4.55 Å². The maximum atomic E-state index is 9.98. The van der Waals surface area contributed by atoms with Crippen LogP contribution in [-0.4, -0.2) is 48.2 Å². The number of hydrogen-bond donors (Lipinski definition) is 1. The summed E-state index contributed by atoms with van der Waals surface area (Å²) in [5, 5.41) is 0. The van der Waals surface area contributed by atoms with Gasteiger partial charge in [0.15, 0.2) is 0 Å². The lowest BCUT2D eigenvalue weighted by atomic mass is 10.7. The first-order valence-corrected chi connectivity index (χ1v) is 5.70. The smallest absolute Gasteiger partial charge is 0.397 e. The summed E-state index contributed by atoms with van der Waals surface area (Å²) in [6.07, 6.45) is 0. The molecule has 0 aliphatic heterocycles. The molecule has 0 aliphatic carbocycles. The van der Waals surface area contributed by atoms with Crippen LogP contribution in [0, 0.1) is 0 Å². The Morgan fingerprint density at radius 1 is 1.21 bits per heavy atom. The van der Waals surface area contributed by atoms with Crippen LogP contribution < -0.4 is 0 Å². The lowest BCUT2D eigenvalue weighted by molar-refractivity contribution is 0.0756. The number of ether oxygens (including phenoxy) is 1. The summed E-state index contributed by atoms with van der Waals surface area (Å²) < 4.78 is 60.3. The fraction of sp³-hybridized carbons (Fsp3) is 1.00. The summed E-state index contributed by atoms with van der Waals surface area (Å²) in [7, 11) is -4.44. The quantitative estimate of drug-likeness (QED) is 0.317. The van der Waals surface area contributed by atoms with Crippen molar-refractivity contribution >= 4 is 21.8 Å². The van der Waals surface area contributed by atoms with Gasteiger partial charge in [-0.25, -0.2) is 8.39 Å². The molecule has 10 heteroatoms. The molecule has 0 radical (unpaired) electrons. The number of hydrogen-bond acceptors (Lipinski definition) is 7. The van der Waals surface area contributed by atoms with Crippen LogP contribution in [0.2, 0.25) is 0 Å². The van der Waals surface area contributed by atoms with Crippen molar-refractivity contribution in [1.29, 1.82) is 0 Å². The van der Waals surface area contributed by atoms with E-state index in [0.717, 1.165) is 0 Å². The van der Waals surface area contributed by atoms with Gasteiger partial charge in [-0.1, -0.05) is 0 Å². The average molecular weight is 249 g/mol. The van der Waals surface area contributed by atoms with Crippen LogP contribution in [0.4, 0.5) is 0 Å². The van der Waals surface area contributed by atoms with E-state index in [9.17, 15) is 17.2 Å². The van der Waals surface area contributed by atoms with Crippen LogP contribution in [0.3, 0.4) is 0 Å². The largest absolute Gasteiger partial charge is 0.750 e. The van der Waals surface area contributed by atoms with E-state index in [2.05, 4.69) is 13.1 Å². The first-order chi connectivity index (χ1) is 6.42. The summed E-state index contributed by atoms with van der Waals surface area (Å²) in [6, 6.07) is 0. The fourth-order valence-electron chi connectivity index (χ4n) is 0.461. The molecule has 8 nitrogen and oxygen atoms in total. The third-order valence-electron chi connectivity index (χ3n) is 0.867. The van der Waals surface area contributed by atoms with Crippen molar-refractivity contribution in [2.45, 2.75) is 0 Å². The number of rotatable bonds is 8. The predicted octanol–water partition coefficient (Wildman–Crippen LogP) is -1.37. The van der Waals surface area contributed by atoms with Gasteiger partial charge in [0, 0.05) is 0 Å². The molecule has 0 bridgehead atoms. The van der Waals surface area contributed by atoms with Gasteiger partial charge >= 0.3 is 10.4 Å². The van der Waals surface area contributed by atoms with Crippen molar-refractivity contribution in [2.24, 2.45) is 0 Å². The van der Waals surface area contributed by atoms with Gasteiger partial charge in [-0.05, 0) is 0 Å². The second-order valence-electron chi connectivity index (χ2n) is 1.89. The van der Waals surface area contributed by atoms with Crippen molar-refractivity contribution in [3.8, 4) is 0 Å². The standard InChI is InChI=1S/C4H10O8S2/c5-13(6)11-3-1-10-2-4-12-14(7,8)9/h1-4H2,(H,5,6)(H,7,8,9)/p-1. The van der Waals surface area contributed by atoms with E-state index in [-0.39, 0.29) is 26.4 Å². The summed E-state index contributed by atoms with van der Waals surface area (Å²) >= 11 is -2.58. The SMILES string of the molecule is O=S([O-])OCCOCCOS(=O)(=O)O. The van der Waals surface area contributed by atoms with Gasteiger partial charge in [0.05, 0.1) is 37.8 Å². The van der Waals surface area contributed by atoms with Crippen LogP contribution in [0.25, 0.3) is 0 Å². The first-order valence-electron chi connectivity index (χ1n) is 3.34. The van der Waals surface area contributed by atoms with Crippen molar-refractivity contribution in [3.05, 3.63) is 0 Å². The monoisotopic (exact) mass is 249 g/mol. The van der Waals surface area contributed by atoms with E-state index >= 15 is 0 Å². The second kappa shape index (κ2) is 7.23. The van der Waals surface area contributed by atoms with Gasteiger partial charge in [0.1, 0.15) is 0 Å². The molecule has 0 saturated carbocycles. The molecule has 1 N–H and O–H groups in total. The maximum Gasteiger partial charge on any atom is 0.397 e. The van der Waals surface area contributed by atoms with Gasteiger partial charge in [-0.2, -0.15) is 8.42 Å². The van der Waals surface area contributed by atoms with Crippen LogP contribution >= 0.6 is 0 Å². The first kappa shape index (κ1) is 13.9. The van der Waals surface area contributed by atoms with Gasteiger partial charge in [0.2, 0.25) is 0 Å². The van der Waals surface area contributed by atoms with Gasteiger partial charge < -0.3 is 9.29 Å². The Hall–Kier alpha value is -0.100. The second-order valence-corrected chi connectivity index (χ2v) is 3.62. The Morgan fingerprint density at radius 2 is 1.79 bits per heavy atom. The average Bonchev–Trinajstić information content (AvgIpc) is 2.00. The van der Waals surface area contributed by atoms with E-state index < -0.39 is 21.8 Å². The summed E-state index contributed by atoms with van der Waals surface area (Å²) in [5.74, 6) is 0. The molecule has 1 unspecified atom stereocenters. The highest BCUT2D eigenvalue weighted by Crippen LogP contribution is 1.86. The normalized spacial score (nSPS) is 14.1. The predicted molar refractivity (Wildman–Crippen MR) is 43.2 cm³/mol. The summed E-state index contributed by atoms with van der Waals surface area (Å²) in [6.45, 7) is -0.640. The third-order valence-corrected chi connectivity index (χ3v) is 1.69. The van der Waals surface area contributed by atoms with Crippen molar-refractivity contribution in [1.82, 2.24) is 0 Å². The van der Waals surface area contributed by atoms with Crippen LogP contribution in [0.1, 0.15) is 0 Å². The van der Waals surface area contributed by atoms with Crippen LogP contribution in [0.15, 0.2) is 0 Å². The van der Waals surface area contributed by atoms with E-state index in [0.29, 0.717) is 0 Å². The third kappa shape index (κ3) is 11.9. The minimum Gasteiger partial charge on any atom is -0.750 e. The fourth-order valence-corrected chi connectivity index (χ4v) is 0.944. The zero-order chi connectivity index (χ0) is 11.0. The Bertz CT molecular complexity index is 259. The zero-order valence-electron chi connectivity index (χ0n) is 6.95. The van der Waals surface area contributed by atoms with E-state index in [1.54, 1.807) is 0 Å². The lowest BCUT2D eigenvalue weighted by Gasteiger charge is -2.06. The Balaban J connectivity index is 3.19. The lowest BCUT2D eigenvalue weighted by Crippen LogP contribution is -2.12. The molecule has 0 aromatic rings. The maximum absolute atomic E-state index is 9.98. The highest BCUT2D eigenvalue weighted by atomic mass is 32.3. The van der Waals surface area contributed by atoms with E-state index in [1.807, 2.05) is 0 Å². The summed E-state index contributed by atoms with van der Waals surface area (Å²) in [5.41, 5.74) is 0. The minimum atomic E-state index is -4.44. The molecule has 0 rings (SSSR count).